The molecule has 0 radical (unpaired) electrons. The molecule has 4 aromatic rings. The highest BCUT2D eigenvalue weighted by Gasteiger charge is 2.26. The average molecular weight is 568 g/mol. The summed E-state index contributed by atoms with van der Waals surface area (Å²) in [4.78, 5) is 29.6. The van der Waals surface area contributed by atoms with E-state index in [1.807, 2.05) is 42.9 Å². The number of nitrogens with zero attached hydrogens (tertiary/aromatic N) is 2. The Morgan fingerprint density at radius 3 is 2.43 bits per heavy atom. The van der Waals surface area contributed by atoms with Crippen molar-refractivity contribution in [1.82, 2.24) is 14.9 Å². The van der Waals surface area contributed by atoms with Gasteiger partial charge in [-0.15, -0.1) is 0 Å². The molecule has 1 N–H and O–H groups in total. The molecule has 0 unspecified atom stereocenters. The van der Waals surface area contributed by atoms with Crippen LogP contribution in [0.25, 0.3) is 17.2 Å². The number of pyridine rings is 1. The molecule has 0 saturated carbocycles. The number of hydrogen-bond donors (Lipinski definition) is 1. The minimum atomic E-state index is -0.605. The molecule has 1 amide bonds. The smallest absolute Gasteiger partial charge is 0.345 e. The van der Waals surface area contributed by atoms with Crippen molar-refractivity contribution in [2.75, 3.05) is 14.2 Å². The Labute approximate surface area is 243 Å². The first kappa shape index (κ1) is 28.4. The molecular weight excluding hydrogens is 537 g/mol. The predicted octanol–water partition coefficient (Wildman–Crippen LogP) is 5.83. The molecular formula is C33H30FN3O5. The third kappa shape index (κ3) is 5.81. The summed E-state index contributed by atoms with van der Waals surface area (Å²) in [5.74, 6) is -0.438. The lowest BCUT2D eigenvalue weighted by molar-refractivity contribution is -0.120. The lowest BCUT2D eigenvalue weighted by atomic mass is 10.00. The number of halogens is 1. The molecule has 0 spiro atoms. The summed E-state index contributed by atoms with van der Waals surface area (Å²) in [5, 5.41) is 2.96. The van der Waals surface area contributed by atoms with Crippen LogP contribution < -0.4 is 19.5 Å². The van der Waals surface area contributed by atoms with E-state index in [-0.39, 0.29) is 41.0 Å². The summed E-state index contributed by atoms with van der Waals surface area (Å²) in [6.45, 7) is 2.31. The Morgan fingerprint density at radius 2 is 1.79 bits per heavy atom. The van der Waals surface area contributed by atoms with Gasteiger partial charge in [-0.1, -0.05) is 6.07 Å². The summed E-state index contributed by atoms with van der Waals surface area (Å²) >= 11 is 0. The first-order valence-electron chi connectivity index (χ1n) is 13.3. The molecule has 2 aromatic heterocycles. The van der Waals surface area contributed by atoms with Gasteiger partial charge in [0.2, 0.25) is 11.7 Å². The third-order valence-corrected chi connectivity index (χ3v) is 7.19. The number of fused-ring (bicyclic) bond motifs is 1. The number of nitrogens with one attached hydrogen (secondary N) is 1. The number of ether oxygens (including phenoxy) is 3. The van der Waals surface area contributed by atoms with Crippen molar-refractivity contribution in [3.63, 3.8) is 0 Å². The fourth-order valence-electron chi connectivity index (χ4n) is 4.96. The number of amides is 1. The van der Waals surface area contributed by atoms with E-state index >= 15 is 0 Å². The van der Waals surface area contributed by atoms with Gasteiger partial charge in [0.15, 0.2) is 11.5 Å². The third-order valence-electron chi connectivity index (χ3n) is 7.19. The van der Waals surface area contributed by atoms with Crippen molar-refractivity contribution >= 4 is 29.1 Å². The van der Waals surface area contributed by atoms with Crippen LogP contribution in [0.1, 0.15) is 46.1 Å². The summed E-state index contributed by atoms with van der Waals surface area (Å²) in [7, 11) is 4.86. The van der Waals surface area contributed by atoms with Gasteiger partial charge in [0.05, 0.1) is 32.7 Å². The van der Waals surface area contributed by atoms with E-state index < -0.39 is 5.97 Å². The molecule has 214 valence electrons. The monoisotopic (exact) mass is 567 g/mol. The Morgan fingerprint density at radius 1 is 1.02 bits per heavy atom. The minimum absolute atomic E-state index is 0.0971. The maximum absolute atomic E-state index is 14.4. The van der Waals surface area contributed by atoms with E-state index in [1.54, 1.807) is 36.5 Å². The molecule has 8 nitrogen and oxygen atoms in total. The topological polar surface area (TPSA) is 91.7 Å². The van der Waals surface area contributed by atoms with Gasteiger partial charge in [-0.2, -0.15) is 0 Å². The lowest BCUT2D eigenvalue weighted by Crippen LogP contribution is -2.23. The lowest BCUT2D eigenvalue weighted by Gasteiger charge is -2.15. The zero-order valence-electron chi connectivity index (χ0n) is 23.7. The Kier molecular flexibility index (Phi) is 8.19. The normalized spacial score (nSPS) is 13.2. The van der Waals surface area contributed by atoms with Crippen LogP contribution in [0, 0.1) is 5.82 Å². The number of allylic oxidation sites excluding steroid dienone is 2. The molecule has 1 aliphatic carbocycles. The van der Waals surface area contributed by atoms with Crippen LogP contribution >= 0.6 is 0 Å². The summed E-state index contributed by atoms with van der Waals surface area (Å²) < 4.78 is 33.1. The van der Waals surface area contributed by atoms with Crippen molar-refractivity contribution in [2.24, 2.45) is 7.05 Å². The summed E-state index contributed by atoms with van der Waals surface area (Å²) in [6, 6.07) is 15.1. The second-order valence-electron chi connectivity index (χ2n) is 9.80. The number of esters is 1. The van der Waals surface area contributed by atoms with Crippen molar-refractivity contribution in [3.8, 4) is 17.2 Å². The second kappa shape index (κ2) is 12.1. The van der Waals surface area contributed by atoms with Gasteiger partial charge in [0, 0.05) is 31.3 Å². The first-order chi connectivity index (χ1) is 20.3. The van der Waals surface area contributed by atoms with E-state index in [2.05, 4.69) is 10.3 Å². The molecule has 0 saturated heterocycles. The maximum Gasteiger partial charge on any atom is 0.345 e. The molecule has 0 aliphatic heterocycles. The van der Waals surface area contributed by atoms with Gasteiger partial charge in [-0.3, -0.25) is 9.78 Å². The van der Waals surface area contributed by atoms with Crippen molar-refractivity contribution in [3.05, 3.63) is 113 Å². The highest BCUT2D eigenvalue weighted by Crippen LogP contribution is 2.45. The molecule has 1 aliphatic rings. The predicted molar refractivity (Wildman–Crippen MR) is 157 cm³/mol. The number of aryl methyl sites for hydroxylation is 1. The molecule has 0 bridgehead atoms. The van der Waals surface area contributed by atoms with Crippen molar-refractivity contribution in [1.29, 1.82) is 0 Å². The van der Waals surface area contributed by atoms with E-state index in [9.17, 15) is 14.0 Å². The fourth-order valence-corrected chi connectivity index (χ4v) is 4.96. The van der Waals surface area contributed by atoms with Crippen LogP contribution in [0.2, 0.25) is 0 Å². The van der Waals surface area contributed by atoms with Gasteiger partial charge >= 0.3 is 5.97 Å². The van der Waals surface area contributed by atoms with Gasteiger partial charge in [0.1, 0.15) is 5.82 Å². The number of carbonyl (C=O) groups excluding carboxylic acids is 2. The summed E-state index contributed by atoms with van der Waals surface area (Å²) in [6.07, 6.45) is 6.91. The van der Waals surface area contributed by atoms with E-state index in [0.717, 1.165) is 28.0 Å². The Hall–Kier alpha value is -5.18. The number of methoxy groups -OCH3 is 2. The number of aromatic nitrogens is 2. The SMILES string of the molecule is COc1cc(/C=C2/C(C)=C(CC(=O)NCc3cccn3C)c3cc(F)ccc32)cc(OC)c1OC(=O)c1cccnc1. The van der Waals surface area contributed by atoms with Gasteiger partial charge in [-0.05, 0) is 94.9 Å². The standard InChI is InChI=1S/C33H30FN3O5/c1-20-26(13-21-14-29(40-3)32(30(15-21)41-4)42-33(39)22-7-5-11-35-18-22)25-10-9-23(34)16-28(25)27(20)17-31(38)36-19-24-8-6-12-37(24)2/h5-16,18H,17,19H2,1-4H3,(H,36,38)/b26-13-. The van der Waals surface area contributed by atoms with Crippen LogP contribution in [0.4, 0.5) is 4.39 Å². The Bertz CT molecular complexity index is 1700. The Balaban J connectivity index is 1.47. The van der Waals surface area contributed by atoms with Gasteiger partial charge in [-0.25, -0.2) is 9.18 Å². The van der Waals surface area contributed by atoms with E-state index in [0.29, 0.717) is 17.7 Å². The molecule has 42 heavy (non-hydrogen) atoms. The van der Waals surface area contributed by atoms with E-state index in [4.69, 9.17) is 14.2 Å². The van der Waals surface area contributed by atoms with Crippen LogP contribution in [0.3, 0.4) is 0 Å². The zero-order chi connectivity index (χ0) is 29.8. The zero-order valence-corrected chi connectivity index (χ0v) is 23.7. The highest BCUT2D eigenvalue weighted by atomic mass is 19.1. The van der Waals surface area contributed by atoms with Crippen LogP contribution in [0.15, 0.2) is 78.8 Å². The number of rotatable bonds is 9. The minimum Gasteiger partial charge on any atom is -0.493 e. The van der Waals surface area contributed by atoms with Crippen molar-refractivity contribution in [2.45, 2.75) is 19.9 Å². The number of benzene rings is 2. The molecule has 2 heterocycles. The van der Waals surface area contributed by atoms with Crippen LogP contribution in [0.5, 0.6) is 17.2 Å². The molecule has 0 atom stereocenters. The highest BCUT2D eigenvalue weighted by molar-refractivity contribution is 6.08. The fraction of sp³-hybridized carbons (Fsp3) is 0.182. The molecule has 5 rings (SSSR count). The van der Waals surface area contributed by atoms with E-state index in [1.165, 1.54) is 32.5 Å². The number of hydrogen-bond acceptors (Lipinski definition) is 6. The first-order valence-corrected chi connectivity index (χ1v) is 13.3. The largest absolute Gasteiger partial charge is 0.493 e. The molecule has 0 fully saturated rings. The quantitative estimate of drug-likeness (QED) is 0.202. The van der Waals surface area contributed by atoms with Crippen LogP contribution in [-0.2, 0) is 18.4 Å². The number of carbonyl (C=O) groups is 2. The average Bonchev–Trinajstić information content (AvgIpc) is 3.52. The van der Waals surface area contributed by atoms with Crippen LogP contribution in [-0.4, -0.2) is 35.6 Å². The maximum atomic E-state index is 14.4. The molecule has 9 heteroatoms. The van der Waals surface area contributed by atoms with Crippen molar-refractivity contribution < 1.29 is 28.2 Å². The second-order valence-corrected chi connectivity index (χ2v) is 9.80. The van der Waals surface area contributed by atoms with Gasteiger partial charge in [0.25, 0.3) is 0 Å². The summed E-state index contributed by atoms with van der Waals surface area (Å²) in [5.41, 5.74) is 5.88. The molecule has 2 aromatic carbocycles. The van der Waals surface area contributed by atoms with Gasteiger partial charge < -0.3 is 24.1 Å².